The van der Waals surface area contributed by atoms with Crippen LogP contribution in [0.15, 0.2) is 0 Å². The Hall–Kier alpha value is -0.160. The van der Waals surface area contributed by atoms with Gasteiger partial charge in [0.05, 0.1) is 12.2 Å². The molecule has 1 saturated carbocycles. The molecular formula is C16H32N2O2. The van der Waals surface area contributed by atoms with E-state index in [2.05, 4.69) is 24.2 Å². The Bertz CT molecular complexity index is 276. The number of methoxy groups -OCH3 is 2. The normalized spacial score (nSPS) is 39.3. The molecule has 0 aromatic heterocycles. The van der Waals surface area contributed by atoms with Crippen LogP contribution in [0.3, 0.4) is 0 Å². The second-order valence-electron chi connectivity index (χ2n) is 6.51. The summed E-state index contributed by atoms with van der Waals surface area (Å²) < 4.78 is 11.1. The first-order valence-corrected chi connectivity index (χ1v) is 8.17. The molecule has 20 heavy (non-hydrogen) atoms. The van der Waals surface area contributed by atoms with Gasteiger partial charge in [0.1, 0.15) is 0 Å². The standard InChI is InChI=1S/C16H32N2O2/c1-5-12-6-7-14(17-2)13(8-12)9-18-10-15(19-3)16(11-18)20-4/h12-17H,5-11H2,1-4H3. The first kappa shape index (κ1) is 16.2. The number of rotatable bonds is 6. The highest BCUT2D eigenvalue weighted by Gasteiger charge is 2.36. The van der Waals surface area contributed by atoms with Crippen molar-refractivity contribution in [2.45, 2.75) is 50.9 Å². The molecule has 0 spiro atoms. The molecule has 4 heteroatoms. The van der Waals surface area contributed by atoms with E-state index in [1.807, 2.05) is 0 Å². The molecule has 1 aliphatic carbocycles. The van der Waals surface area contributed by atoms with Crippen molar-refractivity contribution >= 4 is 0 Å². The van der Waals surface area contributed by atoms with Crippen molar-refractivity contribution in [3.63, 3.8) is 0 Å². The van der Waals surface area contributed by atoms with Gasteiger partial charge in [-0.1, -0.05) is 13.3 Å². The summed E-state index contributed by atoms with van der Waals surface area (Å²) in [5.74, 6) is 1.69. The zero-order chi connectivity index (χ0) is 14.5. The molecular weight excluding hydrogens is 252 g/mol. The van der Waals surface area contributed by atoms with Crippen LogP contribution in [0.5, 0.6) is 0 Å². The largest absolute Gasteiger partial charge is 0.377 e. The third-order valence-corrected chi connectivity index (χ3v) is 5.43. The molecule has 0 aromatic rings. The van der Waals surface area contributed by atoms with E-state index in [-0.39, 0.29) is 12.2 Å². The van der Waals surface area contributed by atoms with Crippen molar-refractivity contribution in [3.05, 3.63) is 0 Å². The zero-order valence-corrected chi connectivity index (χ0v) is 13.6. The van der Waals surface area contributed by atoms with E-state index in [0.29, 0.717) is 6.04 Å². The third kappa shape index (κ3) is 3.73. The van der Waals surface area contributed by atoms with Crippen LogP contribution in [0, 0.1) is 11.8 Å². The van der Waals surface area contributed by atoms with Crippen LogP contribution in [0.4, 0.5) is 0 Å². The van der Waals surface area contributed by atoms with E-state index >= 15 is 0 Å². The van der Waals surface area contributed by atoms with Crippen molar-refractivity contribution in [2.24, 2.45) is 11.8 Å². The van der Waals surface area contributed by atoms with Crippen LogP contribution in [0.2, 0.25) is 0 Å². The van der Waals surface area contributed by atoms with Crippen molar-refractivity contribution in [2.75, 3.05) is 40.9 Å². The minimum atomic E-state index is 0.235. The highest BCUT2D eigenvalue weighted by Crippen LogP contribution is 2.32. The molecule has 1 saturated heterocycles. The molecule has 1 N–H and O–H groups in total. The second kappa shape index (κ2) is 7.74. The van der Waals surface area contributed by atoms with Crippen LogP contribution in [-0.2, 0) is 9.47 Å². The molecule has 0 radical (unpaired) electrons. The zero-order valence-electron chi connectivity index (χ0n) is 13.6. The van der Waals surface area contributed by atoms with E-state index in [1.165, 1.54) is 32.2 Å². The molecule has 2 rings (SSSR count). The summed E-state index contributed by atoms with van der Waals surface area (Å²) in [5, 5.41) is 3.53. The minimum absolute atomic E-state index is 0.235. The lowest BCUT2D eigenvalue weighted by Crippen LogP contribution is -2.44. The predicted molar refractivity (Wildman–Crippen MR) is 82.0 cm³/mol. The molecule has 2 aliphatic rings. The number of likely N-dealkylation sites (tertiary alicyclic amines) is 1. The summed E-state index contributed by atoms with van der Waals surface area (Å²) in [6.07, 6.45) is 5.88. The van der Waals surface area contributed by atoms with Gasteiger partial charge >= 0.3 is 0 Å². The van der Waals surface area contributed by atoms with Gasteiger partial charge < -0.3 is 14.8 Å². The Labute approximate surface area is 124 Å². The highest BCUT2D eigenvalue weighted by molar-refractivity contribution is 4.91. The van der Waals surface area contributed by atoms with Crippen molar-refractivity contribution < 1.29 is 9.47 Å². The van der Waals surface area contributed by atoms with E-state index in [9.17, 15) is 0 Å². The number of ether oxygens (including phenoxy) is 2. The van der Waals surface area contributed by atoms with Crippen LogP contribution < -0.4 is 5.32 Å². The Morgan fingerprint density at radius 3 is 2.25 bits per heavy atom. The summed E-state index contributed by atoms with van der Waals surface area (Å²) in [6, 6.07) is 0.681. The van der Waals surface area contributed by atoms with Crippen LogP contribution in [0.25, 0.3) is 0 Å². The molecule has 4 nitrogen and oxygen atoms in total. The van der Waals surface area contributed by atoms with Gasteiger partial charge in [-0.3, -0.25) is 4.90 Å². The quantitative estimate of drug-likeness (QED) is 0.806. The Balaban J connectivity index is 1.90. The lowest BCUT2D eigenvalue weighted by Gasteiger charge is -2.38. The topological polar surface area (TPSA) is 33.7 Å². The Kier molecular flexibility index (Phi) is 6.27. The van der Waals surface area contributed by atoms with Crippen molar-refractivity contribution in [3.8, 4) is 0 Å². The summed E-state index contributed by atoms with van der Waals surface area (Å²) in [5.41, 5.74) is 0. The number of nitrogens with zero attached hydrogens (tertiary/aromatic N) is 1. The van der Waals surface area contributed by atoms with Gasteiger partial charge in [-0.2, -0.15) is 0 Å². The molecule has 118 valence electrons. The molecule has 0 aromatic carbocycles. The minimum Gasteiger partial charge on any atom is -0.377 e. The second-order valence-corrected chi connectivity index (χ2v) is 6.51. The highest BCUT2D eigenvalue weighted by atomic mass is 16.5. The molecule has 0 bridgehead atoms. The number of nitrogens with one attached hydrogen (secondary N) is 1. The third-order valence-electron chi connectivity index (χ3n) is 5.43. The first-order chi connectivity index (χ1) is 9.71. The average Bonchev–Trinajstić information content (AvgIpc) is 2.89. The SMILES string of the molecule is CCC1CCC(NC)C(CN2CC(OC)C(OC)C2)C1. The Morgan fingerprint density at radius 1 is 1.10 bits per heavy atom. The fourth-order valence-corrected chi connectivity index (χ4v) is 4.07. The van der Waals surface area contributed by atoms with Gasteiger partial charge in [-0.25, -0.2) is 0 Å². The summed E-state index contributed by atoms with van der Waals surface area (Å²) in [4.78, 5) is 2.54. The van der Waals surface area contributed by atoms with E-state index in [0.717, 1.165) is 24.9 Å². The molecule has 1 heterocycles. The van der Waals surface area contributed by atoms with E-state index in [1.54, 1.807) is 14.2 Å². The number of hydrogen-bond donors (Lipinski definition) is 1. The van der Waals surface area contributed by atoms with Crippen molar-refractivity contribution in [1.82, 2.24) is 10.2 Å². The van der Waals surface area contributed by atoms with Crippen molar-refractivity contribution in [1.29, 1.82) is 0 Å². The first-order valence-electron chi connectivity index (χ1n) is 8.17. The maximum Gasteiger partial charge on any atom is 0.0971 e. The van der Waals surface area contributed by atoms with Gasteiger partial charge in [-0.15, -0.1) is 0 Å². The van der Waals surface area contributed by atoms with Gasteiger partial charge in [0, 0.05) is 39.9 Å². The Morgan fingerprint density at radius 2 is 1.75 bits per heavy atom. The maximum absolute atomic E-state index is 5.55. The van der Waals surface area contributed by atoms with Crippen LogP contribution >= 0.6 is 0 Å². The molecule has 0 amide bonds. The van der Waals surface area contributed by atoms with Gasteiger partial charge in [0.15, 0.2) is 0 Å². The van der Waals surface area contributed by atoms with E-state index < -0.39 is 0 Å². The van der Waals surface area contributed by atoms with Gasteiger partial charge in [-0.05, 0) is 38.1 Å². The fourth-order valence-electron chi connectivity index (χ4n) is 4.07. The van der Waals surface area contributed by atoms with E-state index in [4.69, 9.17) is 9.47 Å². The summed E-state index contributed by atoms with van der Waals surface area (Å²) >= 11 is 0. The van der Waals surface area contributed by atoms with Crippen LogP contribution in [0.1, 0.15) is 32.6 Å². The molecule has 5 atom stereocenters. The predicted octanol–water partition coefficient (Wildman–Crippen LogP) is 1.75. The molecule has 5 unspecified atom stereocenters. The summed E-state index contributed by atoms with van der Waals surface area (Å²) in [7, 11) is 5.71. The maximum atomic E-state index is 5.55. The van der Waals surface area contributed by atoms with Crippen LogP contribution in [-0.4, -0.2) is 64.1 Å². The average molecular weight is 284 g/mol. The van der Waals surface area contributed by atoms with Gasteiger partial charge in [0.2, 0.25) is 0 Å². The molecule has 2 fully saturated rings. The molecule has 1 aliphatic heterocycles. The smallest absolute Gasteiger partial charge is 0.0971 e. The monoisotopic (exact) mass is 284 g/mol. The lowest BCUT2D eigenvalue weighted by atomic mass is 9.76. The summed E-state index contributed by atoms with van der Waals surface area (Å²) in [6.45, 7) is 5.54. The number of hydrogen-bond acceptors (Lipinski definition) is 4. The lowest BCUT2D eigenvalue weighted by molar-refractivity contribution is -0.00461. The van der Waals surface area contributed by atoms with Gasteiger partial charge in [0.25, 0.3) is 0 Å². The fraction of sp³-hybridized carbons (Fsp3) is 1.00.